The monoisotopic (exact) mass is 396 g/mol. The molecule has 0 fully saturated rings. The van der Waals surface area contributed by atoms with Crippen LogP contribution in [0.5, 0.6) is 0 Å². The number of H-pyrrole nitrogens is 1. The lowest BCUT2D eigenvalue weighted by molar-refractivity contribution is -0.121. The van der Waals surface area contributed by atoms with Crippen LogP contribution in [-0.2, 0) is 10.5 Å². The number of carbonyl (C=O) groups excluding carboxylic acids is 2. The molecule has 7 heteroatoms. The summed E-state index contributed by atoms with van der Waals surface area (Å²) in [7, 11) is 0. The molecule has 0 saturated heterocycles. The van der Waals surface area contributed by atoms with Gasteiger partial charge < -0.3 is 15.6 Å². The molecule has 3 rings (SSSR count). The number of thioether (sulfide) groups is 1. The number of nitrogens with one attached hydrogen (secondary N) is 3. The summed E-state index contributed by atoms with van der Waals surface area (Å²) in [6.07, 6.45) is 0. The maximum absolute atomic E-state index is 12.2. The third-order valence-electron chi connectivity index (χ3n) is 3.88. The Morgan fingerprint density at radius 1 is 1.07 bits per heavy atom. The molecule has 2 amide bonds. The van der Waals surface area contributed by atoms with Crippen molar-refractivity contribution in [2.75, 3.05) is 6.54 Å². The molecule has 3 N–H and O–H groups in total. The van der Waals surface area contributed by atoms with Crippen LogP contribution in [0.1, 0.15) is 36.7 Å². The van der Waals surface area contributed by atoms with E-state index in [9.17, 15) is 9.59 Å². The number of imidazole rings is 1. The molecular weight excluding hydrogens is 372 g/mol. The molecule has 0 saturated carbocycles. The molecule has 1 aromatic heterocycles. The number of para-hydroxylation sites is 2. The molecule has 0 radical (unpaired) electrons. The molecule has 0 aliphatic rings. The van der Waals surface area contributed by atoms with Gasteiger partial charge in [-0.3, -0.25) is 9.59 Å². The van der Waals surface area contributed by atoms with Crippen molar-refractivity contribution in [3.05, 3.63) is 59.7 Å². The number of rotatable bonds is 6. The van der Waals surface area contributed by atoms with Crippen molar-refractivity contribution in [2.45, 2.75) is 37.2 Å². The van der Waals surface area contributed by atoms with E-state index in [1.807, 2.05) is 57.2 Å². The van der Waals surface area contributed by atoms with Crippen LogP contribution >= 0.6 is 11.8 Å². The van der Waals surface area contributed by atoms with Gasteiger partial charge >= 0.3 is 0 Å². The predicted octanol–water partition coefficient (Wildman–Crippen LogP) is 3.50. The zero-order valence-electron chi connectivity index (χ0n) is 16.2. The van der Waals surface area contributed by atoms with Gasteiger partial charge in [-0.05, 0) is 50.6 Å². The zero-order valence-corrected chi connectivity index (χ0v) is 17.0. The number of aromatic amines is 1. The van der Waals surface area contributed by atoms with E-state index in [4.69, 9.17) is 0 Å². The van der Waals surface area contributed by atoms with E-state index in [0.717, 1.165) is 27.5 Å². The molecule has 0 spiro atoms. The van der Waals surface area contributed by atoms with Crippen molar-refractivity contribution in [3.8, 4) is 0 Å². The smallest absolute Gasteiger partial charge is 0.251 e. The Balaban J connectivity index is 1.51. The summed E-state index contributed by atoms with van der Waals surface area (Å²) in [4.78, 5) is 31.8. The van der Waals surface area contributed by atoms with E-state index in [-0.39, 0.29) is 23.9 Å². The summed E-state index contributed by atoms with van der Waals surface area (Å²) >= 11 is 1.61. The Hall–Kier alpha value is -2.80. The number of amides is 2. The molecule has 0 aliphatic carbocycles. The van der Waals surface area contributed by atoms with Gasteiger partial charge in [0.2, 0.25) is 5.91 Å². The van der Waals surface area contributed by atoms with Gasteiger partial charge in [-0.1, -0.05) is 36.0 Å². The summed E-state index contributed by atoms with van der Waals surface area (Å²) in [5, 5.41) is 6.32. The normalized spacial score (nSPS) is 11.4. The molecular formula is C21H24N4O2S. The fourth-order valence-electron chi connectivity index (χ4n) is 2.63. The van der Waals surface area contributed by atoms with Gasteiger partial charge in [0.15, 0.2) is 5.16 Å². The largest absolute Gasteiger partial charge is 0.350 e. The van der Waals surface area contributed by atoms with Crippen LogP contribution < -0.4 is 10.6 Å². The number of nitrogens with zero attached hydrogens (tertiary/aromatic N) is 1. The minimum Gasteiger partial charge on any atom is -0.350 e. The van der Waals surface area contributed by atoms with Crippen LogP contribution in [0.3, 0.4) is 0 Å². The van der Waals surface area contributed by atoms with Gasteiger partial charge in [-0.2, -0.15) is 0 Å². The van der Waals surface area contributed by atoms with Gasteiger partial charge in [-0.25, -0.2) is 4.98 Å². The first-order chi connectivity index (χ1) is 13.3. The lowest BCUT2D eigenvalue weighted by Crippen LogP contribution is -2.45. The first-order valence-electron chi connectivity index (χ1n) is 9.06. The van der Waals surface area contributed by atoms with E-state index < -0.39 is 0 Å². The second kappa shape index (κ2) is 8.48. The average Bonchev–Trinajstić information content (AvgIpc) is 3.06. The summed E-state index contributed by atoms with van der Waals surface area (Å²) < 4.78 is 0. The lowest BCUT2D eigenvalue weighted by atomic mass is 10.1. The van der Waals surface area contributed by atoms with Gasteiger partial charge in [0.05, 0.1) is 17.6 Å². The van der Waals surface area contributed by atoms with Crippen molar-refractivity contribution in [1.82, 2.24) is 20.6 Å². The molecule has 6 nitrogen and oxygen atoms in total. The van der Waals surface area contributed by atoms with Crippen molar-refractivity contribution in [3.63, 3.8) is 0 Å². The molecule has 2 aromatic carbocycles. The quantitative estimate of drug-likeness (QED) is 0.557. The molecule has 0 unspecified atom stereocenters. The first-order valence-corrected chi connectivity index (χ1v) is 10.0. The number of benzene rings is 2. The Morgan fingerprint density at radius 3 is 2.46 bits per heavy atom. The number of hydrogen-bond donors (Lipinski definition) is 3. The zero-order chi connectivity index (χ0) is 20.1. The van der Waals surface area contributed by atoms with Crippen LogP contribution in [0.15, 0.2) is 53.7 Å². The third kappa shape index (κ3) is 5.60. The Morgan fingerprint density at radius 2 is 1.79 bits per heavy atom. The highest BCUT2D eigenvalue weighted by Crippen LogP contribution is 2.23. The van der Waals surface area contributed by atoms with Crippen LogP contribution in [-0.4, -0.2) is 33.9 Å². The summed E-state index contributed by atoms with van der Waals surface area (Å²) in [5.74, 6) is 0.274. The van der Waals surface area contributed by atoms with E-state index in [0.29, 0.717) is 5.56 Å². The van der Waals surface area contributed by atoms with Gasteiger partial charge in [0.25, 0.3) is 5.91 Å². The molecule has 0 bridgehead atoms. The summed E-state index contributed by atoms with van der Waals surface area (Å²) in [5.41, 5.74) is 3.27. The Kier molecular flexibility index (Phi) is 6.04. The molecule has 3 aromatic rings. The highest BCUT2D eigenvalue weighted by molar-refractivity contribution is 7.98. The highest BCUT2D eigenvalue weighted by Gasteiger charge is 2.14. The minimum atomic E-state index is -0.318. The van der Waals surface area contributed by atoms with Gasteiger partial charge in [0, 0.05) is 16.9 Å². The first kappa shape index (κ1) is 19.9. The van der Waals surface area contributed by atoms with Crippen LogP contribution in [0.25, 0.3) is 11.0 Å². The number of fused-ring (bicyclic) bond motifs is 1. The number of aromatic nitrogens is 2. The fourth-order valence-corrected chi connectivity index (χ4v) is 3.47. The molecule has 0 atom stereocenters. The van der Waals surface area contributed by atoms with Crippen LogP contribution in [0.2, 0.25) is 0 Å². The van der Waals surface area contributed by atoms with Crippen molar-refractivity contribution in [1.29, 1.82) is 0 Å². The van der Waals surface area contributed by atoms with Gasteiger partial charge in [0.1, 0.15) is 0 Å². The second-order valence-electron chi connectivity index (χ2n) is 7.53. The summed E-state index contributed by atoms with van der Waals surface area (Å²) in [6, 6.07) is 15.3. The fraction of sp³-hybridized carbons (Fsp3) is 0.286. The SMILES string of the molecule is CC(C)(C)NC(=O)CNC(=O)c1ccc(CSc2nc3ccccc3[nH]2)cc1. The van der Waals surface area contributed by atoms with Crippen molar-refractivity contribution in [2.24, 2.45) is 0 Å². The Labute approximate surface area is 168 Å². The summed E-state index contributed by atoms with van der Waals surface area (Å²) in [6.45, 7) is 5.65. The van der Waals surface area contributed by atoms with E-state index in [1.165, 1.54) is 0 Å². The van der Waals surface area contributed by atoms with Crippen molar-refractivity contribution >= 4 is 34.6 Å². The maximum Gasteiger partial charge on any atom is 0.251 e. The topological polar surface area (TPSA) is 86.9 Å². The van der Waals surface area contributed by atoms with E-state index >= 15 is 0 Å². The molecule has 0 aliphatic heterocycles. The van der Waals surface area contributed by atoms with E-state index in [2.05, 4.69) is 20.6 Å². The second-order valence-corrected chi connectivity index (χ2v) is 8.49. The van der Waals surface area contributed by atoms with Gasteiger partial charge in [-0.15, -0.1) is 0 Å². The number of hydrogen-bond acceptors (Lipinski definition) is 4. The maximum atomic E-state index is 12.2. The lowest BCUT2D eigenvalue weighted by Gasteiger charge is -2.20. The minimum absolute atomic E-state index is 0.0419. The van der Waals surface area contributed by atoms with Crippen LogP contribution in [0, 0.1) is 0 Å². The third-order valence-corrected chi connectivity index (χ3v) is 4.83. The Bertz CT molecular complexity index is 941. The molecule has 146 valence electrons. The number of carbonyl (C=O) groups is 2. The predicted molar refractivity (Wildman–Crippen MR) is 112 cm³/mol. The van der Waals surface area contributed by atoms with E-state index in [1.54, 1.807) is 23.9 Å². The van der Waals surface area contributed by atoms with Crippen molar-refractivity contribution < 1.29 is 9.59 Å². The molecule has 1 heterocycles. The highest BCUT2D eigenvalue weighted by atomic mass is 32.2. The molecule has 28 heavy (non-hydrogen) atoms. The average molecular weight is 397 g/mol. The van der Waals surface area contributed by atoms with Crippen LogP contribution in [0.4, 0.5) is 0 Å². The standard InChI is InChI=1S/C21H24N4O2S/c1-21(2,3)25-18(26)12-22-19(27)15-10-8-14(9-11-15)13-28-20-23-16-6-4-5-7-17(16)24-20/h4-11H,12-13H2,1-3H3,(H,22,27)(H,23,24)(H,25,26).